The molecule has 0 spiro atoms. The van der Waals surface area contributed by atoms with Crippen LogP contribution < -0.4 is 9.97 Å². The number of aromatic nitrogens is 4. The van der Waals surface area contributed by atoms with Gasteiger partial charge in [-0.2, -0.15) is 0 Å². The van der Waals surface area contributed by atoms with Crippen molar-refractivity contribution in [2.75, 3.05) is 0 Å². The first-order valence-electron chi connectivity index (χ1n) is 19.8. The number of fused-ring (bicyclic) bond motifs is 8. The molecule has 0 N–H and O–H groups in total. The van der Waals surface area contributed by atoms with Crippen LogP contribution in [0.15, 0.2) is 72.8 Å². The zero-order chi connectivity index (χ0) is 36.5. The van der Waals surface area contributed by atoms with E-state index in [1.807, 2.05) is 0 Å². The van der Waals surface area contributed by atoms with Gasteiger partial charge in [0.15, 0.2) is 0 Å². The Bertz CT molecular complexity index is 2210. The molecule has 0 unspecified atom stereocenters. The van der Waals surface area contributed by atoms with Gasteiger partial charge in [0, 0.05) is 0 Å². The van der Waals surface area contributed by atoms with E-state index in [1.54, 1.807) is 0 Å². The smallest absolute Gasteiger partial charge is 0.657 e. The largest absolute Gasteiger partial charge is 2.00 e. The molecule has 0 saturated heterocycles. The summed E-state index contributed by atoms with van der Waals surface area (Å²) in [4.78, 5) is 22.4. The van der Waals surface area contributed by atoms with E-state index in [0.29, 0.717) is 0 Å². The van der Waals surface area contributed by atoms with Crippen LogP contribution in [-0.2, 0) is 42.2 Å². The summed E-state index contributed by atoms with van der Waals surface area (Å²) >= 11 is 0. The third kappa shape index (κ3) is 6.46. The molecule has 5 heterocycles. The Labute approximate surface area is 326 Å². The van der Waals surface area contributed by atoms with Crippen molar-refractivity contribution in [3.05, 3.63) is 118 Å². The minimum atomic E-state index is 0. The van der Waals surface area contributed by atoms with Gasteiger partial charge >= 0.3 is 16.5 Å². The van der Waals surface area contributed by atoms with Crippen LogP contribution in [0.1, 0.15) is 126 Å². The van der Waals surface area contributed by atoms with Crippen LogP contribution in [0, 0.1) is 0 Å². The second-order valence-electron chi connectivity index (χ2n) is 13.8. The van der Waals surface area contributed by atoms with E-state index in [1.165, 1.54) is 44.5 Å². The molecule has 0 radical (unpaired) electrons. The van der Waals surface area contributed by atoms with Crippen molar-refractivity contribution < 1.29 is 16.5 Å². The topological polar surface area (TPSA) is 54.0 Å². The van der Waals surface area contributed by atoms with Crippen molar-refractivity contribution in [3.63, 3.8) is 0 Å². The fourth-order valence-corrected chi connectivity index (χ4v) is 8.86. The molecule has 2 aromatic carbocycles. The molecule has 8 bridgehead atoms. The molecule has 0 atom stereocenters. The van der Waals surface area contributed by atoms with Gasteiger partial charge < -0.3 is 9.97 Å². The fourth-order valence-electron chi connectivity index (χ4n) is 8.86. The molecule has 0 amide bonds. The molecule has 53 heavy (non-hydrogen) atoms. The molecule has 4 nitrogen and oxygen atoms in total. The van der Waals surface area contributed by atoms with Gasteiger partial charge in [-0.15, -0.1) is 22.1 Å². The molecule has 3 aromatic heterocycles. The average molecular weight is 744 g/mol. The molecule has 2 aliphatic heterocycles. The minimum Gasteiger partial charge on any atom is -0.657 e. The quantitative estimate of drug-likeness (QED) is 0.134. The van der Waals surface area contributed by atoms with Crippen molar-refractivity contribution in [2.24, 2.45) is 0 Å². The van der Waals surface area contributed by atoms with Crippen molar-refractivity contribution in [2.45, 2.75) is 107 Å². The molecule has 2 aliphatic rings. The van der Waals surface area contributed by atoms with Crippen LogP contribution in [0.25, 0.3) is 66.6 Å². The Morgan fingerprint density at radius 2 is 0.774 bits per heavy atom. The predicted molar refractivity (Wildman–Crippen MR) is 222 cm³/mol. The standard InChI is InChI=1S/C48H52N4.Ni/c1-9-31-32(10-2)40-28-42-34(12-4)36(14-6)46(51-42)44(30-25-21-18-22-26-30)48-38(16-8)37(15-7)47(52-48)43(29-23-19-17-20-24-29)45-35(13-5)33(11-3)41(50-45)27-39(31)49-40;/h17-28H,9-16H2,1-8H3;/q-2;+2. The van der Waals surface area contributed by atoms with Crippen LogP contribution in [0.5, 0.6) is 0 Å². The Morgan fingerprint density at radius 1 is 0.415 bits per heavy atom. The first kappa shape index (κ1) is 38.3. The zero-order valence-corrected chi connectivity index (χ0v) is 33.7. The minimum absolute atomic E-state index is 0. The molecule has 0 saturated carbocycles. The van der Waals surface area contributed by atoms with Gasteiger partial charge in [0.1, 0.15) is 0 Å². The summed E-state index contributed by atoms with van der Waals surface area (Å²) in [6.07, 6.45) is 7.16. The van der Waals surface area contributed by atoms with Gasteiger partial charge in [0.05, 0.1) is 22.8 Å². The van der Waals surface area contributed by atoms with Crippen molar-refractivity contribution in [1.82, 2.24) is 19.9 Å². The molecule has 0 aliphatic carbocycles. The number of rotatable bonds is 10. The van der Waals surface area contributed by atoms with E-state index in [9.17, 15) is 0 Å². The van der Waals surface area contributed by atoms with E-state index in [-0.39, 0.29) is 16.5 Å². The van der Waals surface area contributed by atoms with Crippen LogP contribution in [0.3, 0.4) is 0 Å². The third-order valence-corrected chi connectivity index (χ3v) is 11.2. The van der Waals surface area contributed by atoms with Gasteiger partial charge in [-0.05, 0) is 95.9 Å². The van der Waals surface area contributed by atoms with E-state index < -0.39 is 0 Å². The first-order chi connectivity index (χ1) is 25.5. The average Bonchev–Trinajstić information content (AvgIpc) is 3.92. The summed E-state index contributed by atoms with van der Waals surface area (Å²) in [5, 5.41) is 0. The van der Waals surface area contributed by atoms with Crippen LogP contribution in [-0.4, -0.2) is 9.97 Å². The van der Waals surface area contributed by atoms with Crippen LogP contribution in [0.4, 0.5) is 0 Å². The van der Waals surface area contributed by atoms with Gasteiger partial charge in [-0.1, -0.05) is 150 Å². The summed E-state index contributed by atoms with van der Waals surface area (Å²) in [6, 6.07) is 26.2. The normalized spacial score (nSPS) is 12.8. The Morgan fingerprint density at radius 3 is 1.09 bits per heavy atom. The first-order valence-corrected chi connectivity index (χ1v) is 19.8. The van der Waals surface area contributed by atoms with Gasteiger partial charge in [0.2, 0.25) is 0 Å². The monoisotopic (exact) mass is 742 g/mol. The van der Waals surface area contributed by atoms with Crippen LogP contribution in [0.2, 0.25) is 0 Å². The molecule has 5 heteroatoms. The molecular weight excluding hydrogens is 691 g/mol. The Balaban J connectivity index is 0.00000481. The van der Waals surface area contributed by atoms with E-state index in [0.717, 1.165) is 118 Å². The predicted octanol–water partition coefficient (Wildman–Crippen LogP) is 12.6. The summed E-state index contributed by atoms with van der Waals surface area (Å²) in [5.41, 5.74) is 23.3. The Kier molecular flexibility index (Phi) is 11.7. The summed E-state index contributed by atoms with van der Waals surface area (Å²) in [5.74, 6) is 0. The van der Waals surface area contributed by atoms with E-state index in [2.05, 4.69) is 128 Å². The molecule has 7 rings (SSSR count). The maximum atomic E-state index is 5.81. The number of hydrogen-bond donors (Lipinski definition) is 0. The van der Waals surface area contributed by atoms with Crippen LogP contribution >= 0.6 is 0 Å². The zero-order valence-electron chi connectivity index (χ0n) is 32.7. The maximum absolute atomic E-state index is 5.81. The van der Waals surface area contributed by atoms with Crippen molar-refractivity contribution >= 4 is 44.4 Å². The maximum Gasteiger partial charge on any atom is 2.00 e. The van der Waals surface area contributed by atoms with Crippen molar-refractivity contribution in [3.8, 4) is 22.3 Å². The van der Waals surface area contributed by atoms with Gasteiger partial charge in [-0.3, -0.25) is 0 Å². The van der Waals surface area contributed by atoms with Crippen molar-refractivity contribution in [1.29, 1.82) is 0 Å². The summed E-state index contributed by atoms with van der Waals surface area (Å²) < 4.78 is 0. The number of hydrogen-bond acceptors (Lipinski definition) is 2. The number of aryl methyl sites for hydroxylation is 4. The Hall–Kier alpha value is -4.47. The fraction of sp³-hybridized carbons (Fsp3) is 0.333. The molecular formula is C48H52N4Ni. The van der Waals surface area contributed by atoms with E-state index >= 15 is 0 Å². The second-order valence-corrected chi connectivity index (χ2v) is 13.8. The summed E-state index contributed by atoms with van der Waals surface area (Å²) in [6.45, 7) is 18.1. The van der Waals surface area contributed by atoms with Gasteiger partial charge in [-0.25, -0.2) is 9.97 Å². The second kappa shape index (κ2) is 16.3. The van der Waals surface area contributed by atoms with Gasteiger partial charge in [0.25, 0.3) is 0 Å². The summed E-state index contributed by atoms with van der Waals surface area (Å²) in [7, 11) is 0. The number of nitrogens with zero attached hydrogens (tertiary/aromatic N) is 4. The molecule has 274 valence electrons. The number of benzene rings is 2. The SMILES string of the molecule is CCC1=C(CC)c2cc3[n-]c(c(CC)c3CC)c(-c3ccccc3)c3nc(c(-c4ccccc4)c4[n-]c(cc1n2)c(CC)c4CC)C(CC)=C3CC.[Ni+2]. The molecule has 0 fully saturated rings. The number of allylic oxidation sites excluding steroid dienone is 4. The molecule has 5 aromatic rings. The third-order valence-electron chi connectivity index (χ3n) is 11.2. The van der Waals surface area contributed by atoms with E-state index in [4.69, 9.17) is 19.9 Å².